The molecular formula is C15H22O3. The third kappa shape index (κ3) is 1.41. The molecule has 3 rings (SSSR count). The largest absolute Gasteiger partial charge is 0.390 e. The van der Waals surface area contributed by atoms with Crippen molar-refractivity contribution >= 4 is 5.78 Å². The zero-order chi connectivity index (χ0) is 13.3. The molecule has 1 N–H and O–H groups in total. The molecule has 0 spiro atoms. The van der Waals surface area contributed by atoms with Crippen molar-refractivity contribution in [1.82, 2.24) is 0 Å². The number of epoxide rings is 1. The van der Waals surface area contributed by atoms with Crippen LogP contribution in [0.5, 0.6) is 0 Å². The number of aliphatic hydroxyl groups is 1. The van der Waals surface area contributed by atoms with Crippen LogP contribution in [0.1, 0.15) is 40.5 Å². The predicted molar refractivity (Wildman–Crippen MR) is 68.0 cm³/mol. The van der Waals surface area contributed by atoms with Crippen molar-refractivity contribution in [3.8, 4) is 0 Å². The van der Waals surface area contributed by atoms with Gasteiger partial charge in [-0.25, -0.2) is 0 Å². The first-order chi connectivity index (χ1) is 8.28. The monoisotopic (exact) mass is 250 g/mol. The minimum Gasteiger partial charge on any atom is -0.390 e. The van der Waals surface area contributed by atoms with E-state index in [9.17, 15) is 9.90 Å². The van der Waals surface area contributed by atoms with E-state index in [1.165, 1.54) is 0 Å². The van der Waals surface area contributed by atoms with Gasteiger partial charge in [0.25, 0.3) is 0 Å². The first-order valence-corrected chi connectivity index (χ1v) is 6.90. The lowest BCUT2D eigenvalue weighted by Crippen LogP contribution is -2.55. The van der Waals surface area contributed by atoms with Gasteiger partial charge in [-0.3, -0.25) is 4.79 Å². The van der Waals surface area contributed by atoms with E-state index in [0.717, 1.165) is 18.4 Å². The highest BCUT2D eigenvalue weighted by molar-refractivity contribution is 6.03. The van der Waals surface area contributed by atoms with Crippen molar-refractivity contribution in [2.45, 2.75) is 58.3 Å². The summed E-state index contributed by atoms with van der Waals surface area (Å²) in [5, 5.41) is 10.5. The quantitative estimate of drug-likeness (QED) is 0.725. The summed E-state index contributed by atoms with van der Waals surface area (Å²) >= 11 is 0. The SMILES string of the molecule is C[C@@H]1CCC=C2C(=O)[C@H]3O[C@H]3[C@@H](C(C)(C)O)[C@]21C. The standard InChI is InChI=1S/C15H22O3/c1-8-6-5-7-9-10(16)11-12(18-11)13(14(2,3)17)15(8,9)4/h7-8,11-13,17H,5-6H2,1-4H3/t8-,11-,12-,13+,15+/m1/s1. The second kappa shape index (κ2) is 3.45. The molecule has 100 valence electrons. The summed E-state index contributed by atoms with van der Waals surface area (Å²) in [4.78, 5) is 12.3. The zero-order valence-electron chi connectivity index (χ0n) is 11.6. The molecule has 2 aliphatic carbocycles. The lowest BCUT2D eigenvalue weighted by Gasteiger charge is -2.51. The summed E-state index contributed by atoms with van der Waals surface area (Å²) in [5.74, 6) is 0.576. The van der Waals surface area contributed by atoms with Gasteiger partial charge in [0.05, 0.1) is 11.7 Å². The molecule has 1 aliphatic heterocycles. The molecule has 5 atom stereocenters. The lowest BCUT2D eigenvalue weighted by atomic mass is 9.52. The maximum atomic E-state index is 12.3. The summed E-state index contributed by atoms with van der Waals surface area (Å²) in [6, 6.07) is 0. The average molecular weight is 250 g/mol. The minimum atomic E-state index is -0.820. The van der Waals surface area contributed by atoms with E-state index in [-0.39, 0.29) is 29.3 Å². The fourth-order valence-corrected chi connectivity index (χ4v) is 4.32. The van der Waals surface area contributed by atoms with E-state index in [2.05, 4.69) is 19.9 Å². The van der Waals surface area contributed by atoms with Crippen molar-refractivity contribution < 1.29 is 14.6 Å². The minimum absolute atomic E-state index is 0.00856. The molecule has 2 fully saturated rings. The number of rotatable bonds is 1. The summed E-state index contributed by atoms with van der Waals surface area (Å²) in [6.07, 6.45) is 3.76. The van der Waals surface area contributed by atoms with E-state index in [1.54, 1.807) is 0 Å². The molecule has 3 aliphatic rings. The maximum Gasteiger partial charge on any atom is 0.190 e. The van der Waals surface area contributed by atoms with Crippen molar-refractivity contribution in [3.05, 3.63) is 11.6 Å². The molecule has 0 amide bonds. The van der Waals surface area contributed by atoms with Gasteiger partial charge < -0.3 is 9.84 Å². The van der Waals surface area contributed by atoms with Crippen LogP contribution in [0, 0.1) is 17.3 Å². The topological polar surface area (TPSA) is 49.8 Å². The highest BCUT2D eigenvalue weighted by atomic mass is 16.6. The van der Waals surface area contributed by atoms with Crippen LogP contribution in [-0.4, -0.2) is 28.7 Å². The van der Waals surface area contributed by atoms with Crippen LogP contribution in [0.2, 0.25) is 0 Å². The molecule has 1 saturated carbocycles. The van der Waals surface area contributed by atoms with Crippen LogP contribution < -0.4 is 0 Å². The number of fused-ring (bicyclic) bond motifs is 2. The first kappa shape index (κ1) is 12.4. The molecule has 0 aromatic rings. The van der Waals surface area contributed by atoms with Gasteiger partial charge in [-0.05, 0) is 32.6 Å². The molecule has 0 aromatic heterocycles. The normalized spacial score (nSPS) is 47.2. The Morgan fingerprint density at radius 3 is 2.78 bits per heavy atom. The molecule has 3 heteroatoms. The highest BCUT2D eigenvalue weighted by Gasteiger charge is 2.67. The zero-order valence-corrected chi connectivity index (χ0v) is 11.6. The second-order valence-electron chi connectivity index (χ2n) is 6.90. The van der Waals surface area contributed by atoms with Gasteiger partial charge in [0.2, 0.25) is 0 Å². The number of allylic oxidation sites excluding steroid dienone is 1. The molecular weight excluding hydrogens is 228 g/mol. The van der Waals surface area contributed by atoms with E-state index in [4.69, 9.17) is 4.74 Å². The van der Waals surface area contributed by atoms with Crippen LogP contribution in [0.4, 0.5) is 0 Å². The molecule has 1 heterocycles. The number of ether oxygens (including phenoxy) is 1. The highest BCUT2D eigenvalue weighted by Crippen LogP contribution is 2.60. The third-order valence-corrected chi connectivity index (χ3v) is 5.34. The number of carbonyl (C=O) groups is 1. The number of hydrogen-bond acceptors (Lipinski definition) is 3. The average Bonchev–Trinajstić information content (AvgIpc) is 2.99. The molecule has 18 heavy (non-hydrogen) atoms. The summed E-state index contributed by atoms with van der Waals surface area (Å²) in [5.41, 5.74) is -0.155. The molecule has 0 aromatic carbocycles. The third-order valence-electron chi connectivity index (χ3n) is 5.34. The predicted octanol–water partition coefficient (Wildman–Crippen LogP) is 2.09. The van der Waals surface area contributed by atoms with Crippen molar-refractivity contribution in [2.24, 2.45) is 17.3 Å². The van der Waals surface area contributed by atoms with Gasteiger partial charge in [0.15, 0.2) is 5.78 Å². The molecule has 0 bridgehead atoms. The van der Waals surface area contributed by atoms with Crippen LogP contribution in [0.25, 0.3) is 0 Å². The Morgan fingerprint density at radius 1 is 1.50 bits per heavy atom. The van der Waals surface area contributed by atoms with Crippen LogP contribution in [-0.2, 0) is 9.53 Å². The van der Waals surface area contributed by atoms with Crippen molar-refractivity contribution in [2.75, 3.05) is 0 Å². The van der Waals surface area contributed by atoms with Crippen LogP contribution >= 0.6 is 0 Å². The molecule has 0 radical (unpaired) electrons. The van der Waals surface area contributed by atoms with E-state index in [1.807, 2.05) is 13.8 Å². The van der Waals surface area contributed by atoms with E-state index >= 15 is 0 Å². The van der Waals surface area contributed by atoms with Crippen LogP contribution in [0.15, 0.2) is 11.6 Å². The van der Waals surface area contributed by atoms with Gasteiger partial charge in [0, 0.05) is 16.9 Å². The number of Topliss-reactive ketones (excluding diaryl/α,β-unsaturated/α-hetero) is 1. The Labute approximate surface area is 108 Å². The van der Waals surface area contributed by atoms with Crippen molar-refractivity contribution in [1.29, 1.82) is 0 Å². The summed E-state index contributed by atoms with van der Waals surface area (Å²) < 4.78 is 5.58. The molecule has 0 unspecified atom stereocenters. The fraction of sp³-hybridized carbons (Fsp3) is 0.800. The fourth-order valence-electron chi connectivity index (χ4n) is 4.32. The Balaban J connectivity index is 2.13. The Kier molecular flexibility index (Phi) is 2.37. The number of carbonyl (C=O) groups excluding carboxylic acids is 1. The molecule has 1 saturated heterocycles. The van der Waals surface area contributed by atoms with Gasteiger partial charge in [-0.2, -0.15) is 0 Å². The Morgan fingerprint density at radius 2 is 2.17 bits per heavy atom. The van der Waals surface area contributed by atoms with Gasteiger partial charge in [-0.1, -0.05) is 19.9 Å². The summed E-state index contributed by atoms with van der Waals surface area (Å²) in [7, 11) is 0. The number of ketones is 1. The van der Waals surface area contributed by atoms with E-state index < -0.39 is 5.60 Å². The van der Waals surface area contributed by atoms with Crippen molar-refractivity contribution in [3.63, 3.8) is 0 Å². The second-order valence-corrected chi connectivity index (χ2v) is 6.90. The maximum absolute atomic E-state index is 12.3. The first-order valence-electron chi connectivity index (χ1n) is 6.90. The summed E-state index contributed by atoms with van der Waals surface area (Å²) in [6.45, 7) is 8.02. The number of hydrogen-bond donors (Lipinski definition) is 1. The molecule has 3 nitrogen and oxygen atoms in total. The Hall–Kier alpha value is -0.670. The van der Waals surface area contributed by atoms with Gasteiger partial charge in [0.1, 0.15) is 6.10 Å². The smallest absolute Gasteiger partial charge is 0.190 e. The van der Waals surface area contributed by atoms with Gasteiger partial charge >= 0.3 is 0 Å². The van der Waals surface area contributed by atoms with Crippen LogP contribution in [0.3, 0.4) is 0 Å². The Bertz CT molecular complexity index is 432. The lowest BCUT2D eigenvalue weighted by molar-refractivity contribution is -0.123. The van der Waals surface area contributed by atoms with Gasteiger partial charge in [-0.15, -0.1) is 0 Å². The van der Waals surface area contributed by atoms with E-state index in [0.29, 0.717) is 5.92 Å².